The second-order valence-corrected chi connectivity index (χ2v) is 9.83. The second-order valence-electron chi connectivity index (χ2n) is 8.99. The summed E-state index contributed by atoms with van der Waals surface area (Å²) in [5, 5.41) is 2.66. The Labute approximate surface area is 201 Å². The van der Waals surface area contributed by atoms with Crippen molar-refractivity contribution in [3.05, 3.63) is 57.6 Å². The normalized spacial score (nSPS) is 30.2. The van der Waals surface area contributed by atoms with Crippen molar-refractivity contribution in [2.24, 2.45) is 11.8 Å². The fraction of sp³-hybridized carbons (Fsp3) is 0.348. The van der Waals surface area contributed by atoms with E-state index in [-0.39, 0.29) is 5.69 Å². The maximum atomic E-state index is 13.8. The topological polar surface area (TPSA) is 69.7 Å². The van der Waals surface area contributed by atoms with Gasteiger partial charge < -0.3 is 5.32 Å². The molecule has 4 aliphatic heterocycles. The summed E-state index contributed by atoms with van der Waals surface area (Å²) in [5.74, 6) is -3.70. The van der Waals surface area contributed by atoms with Crippen LogP contribution in [0, 0.1) is 11.8 Å². The van der Waals surface area contributed by atoms with E-state index in [2.05, 4.69) is 5.32 Å². The standard InChI is InChI=1S/C23H16Cl2F3N3O3/c24-10-3-6-15-13(8-10)22(21(34)29-15)18-17(16-2-1-7-30(16)22)19(32)31(20(18)33)11-4-5-14(25)12(9-11)23(26,27)28/h3-6,8-9,16-18H,1-2,7H2,(H,29,34)/t16-,17+,18-,22+/m0/s1. The van der Waals surface area contributed by atoms with Crippen molar-refractivity contribution in [2.75, 3.05) is 16.8 Å². The van der Waals surface area contributed by atoms with Crippen LogP contribution in [0.3, 0.4) is 0 Å². The van der Waals surface area contributed by atoms with Gasteiger partial charge in [-0.3, -0.25) is 19.3 Å². The number of anilines is 2. The number of halogens is 5. The Morgan fingerprint density at radius 3 is 2.53 bits per heavy atom. The number of nitrogens with one attached hydrogen (secondary N) is 1. The lowest BCUT2D eigenvalue weighted by Gasteiger charge is -2.36. The van der Waals surface area contributed by atoms with E-state index in [1.54, 1.807) is 18.2 Å². The van der Waals surface area contributed by atoms with Crippen molar-refractivity contribution in [3.63, 3.8) is 0 Å². The Bertz CT molecular complexity index is 1300. The van der Waals surface area contributed by atoms with Gasteiger partial charge in [-0.25, -0.2) is 4.90 Å². The van der Waals surface area contributed by atoms with Crippen LogP contribution in [0.1, 0.15) is 24.0 Å². The van der Waals surface area contributed by atoms with Crippen LogP contribution >= 0.6 is 23.2 Å². The molecule has 0 unspecified atom stereocenters. The molecular formula is C23H16Cl2F3N3O3. The first kappa shape index (κ1) is 21.9. The van der Waals surface area contributed by atoms with Gasteiger partial charge in [0.1, 0.15) is 5.54 Å². The summed E-state index contributed by atoms with van der Waals surface area (Å²) in [7, 11) is 0. The third-order valence-electron chi connectivity index (χ3n) is 7.47. The molecule has 3 amide bonds. The molecule has 0 saturated carbocycles. The molecule has 3 fully saturated rings. The predicted octanol–water partition coefficient (Wildman–Crippen LogP) is 4.44. The first-order valence-corrected chi connectivity index (χ1v) is 11.4. The van der Waals surface area contributed by atoms with E-state index in [0.29, 0.717) is 35.3 Å². The summed E-state index contributed by atoms with van der Waals surface area (Å²) < 4.78 is 40.4. The molecule has 2 aromatic carbocycles. The first-order valence-electron chi connectivity index (χ1n) is 10.7. The van der Waals surface area contributed by atoms with Crippen LogP contribution in [-0.2, 0) is 26.1 Å². The Morgan fingerprint density at radius 2 is 1.79 bits per heavy atom. The minimum Gasteiger partial charge on any atom is -0.324 e. The zero-order chi connectivity index (χ0) is 24.2. The molecule has 4 heterocycles. The van der Waals surface area contributed by atoms with E-state index in [0.717, 1.165) is 17.4 Å². The van der Waals surface area contributed by atoms with E-state index in [9.17, 15) is 27.6 Å². The second kappa shape index (κ2) is 6.96. The van der Waals surface area contributed by atoms with Gasteiger partial charge in [0.05, 0.1) is 28.1 Å². The van der Waals surface area contributed by atoms with E-state index in [4.69, 9.17) is 23.2 Å². The van der Waals surface area contributed by atoms with Crippen LogP contribution < -0.4 is 10.2 Å². The minimum atomic E-state index is -4.76. The van der Waals surface area contributed by atoms with Crippen molar-refractivity contribution < 1.29 is 27.6 Å². The van der Waals surface area contributed by atoms with Gasteiger partial charge >= 0.3 is 6.18 Å². The molecule has 1 spiro atoms. The zero-order valence-corrected chi connectivity index (χ0v) is 18.8. The minimum absolute atomic E-state index is 0.217. The molecule has 0 radical (unpaired) electrons. The molecule has 11 heteroatoms. The zero-order valence-electron chi connectivity index (χ0n) is 17.3. The number of hydrogen-bond donors (Lipinski definition) is 1. The number of hydrogen-bond acceptors (Lipinski definition) is 4. The van der Waals surface area contributed by atoms with Crippen molar-refractivity contribution in [1.29, 1.82) is 0 Å². The summed E-state index contributed by atoms with van der Waals surface area (Å²) in [5.41, 5.74) is -1.79. The SMILES string of the molecule is O=C1[C@H]2[C@@H](C(=O)N1c1ccc(Cl)c(C(F)(F)F)c1)[C@]1(C(=O)Nc3ccc(Cl)cc31)N1CCC[C@@H]21. The van der Waals surface area contributed by atoms with Crippen LogP contribution in [0.15, 0.2) is 36.4 Å². The number of rotatable bonds is 1. The number of imide groups is 1. The van der Waals surface area contributed by atoms with Crippen LogP contribution in [0.2, 0.25) is 10.0 Å². The largest absolute Gasteiger partial charge is 0.417 e. The molecule has 4 atom stereocenters. The summed E-state index contributed by atoms with van der Waals surface area (Å²) in [6.45, 7) is 0.511. The Hall–Kier alpha value is -2.62. The average Bonchev–Trinajstić information content (AvgIpc) is 3.47. The number of nitrogens with zero attached hydrogens (tertiary/aromatic N) is 2. The van der Waals surface area contributed by atoms with Crippen molar-refractivity contribution in [2.45, 2.75) is 30.6 Å². The fourth-order valence-corrected chi connectivity index (χ4v) is 6.70. The molecule has 0 bridgehead atoms. The highest BCUT2D eigenvalue weighted by Gasteiger charge is 2.74. The number of fused-ring (bicyclic) bond motifs is 7. The van der Waals surface area contributed by atoms with E-state index in [1.807, 2.05) is 4.90 Å². The van der Waals surface area contributed by atoms with E-state index >= 15 is 0 Å². The fourth-order valence-electron chi connectivity index (χ4n) is 6.30. The first-order chi connectivity index (χ1) is 16.1. The lowest BCUT2D eigenvalue weighted by Crippen LogP contribution is -2.54. The van der Waals surface area contributed by atoms with Crippen LogP contribution in [0.25, 0.3) is 0 Å². The molecule has 0 aromatic heterocycles. The molecular weight excluding hydrogens is 494 g/mol. The van der Waals surface area contributed by atoms with Crippen LogP contribution in [-0.4, -0.2) is 35.2 Å². The van der Waals surface area contributed by atoms with Gasteiger partial charge in [-0.1, -0.05) is 23.2 Å². The third kappa shape index (κ3) is 2.60. The van der Waals surface area contributed by atoms with Gasteiger partial charge in [0.2, 0.25) is 17.7 Å². The molecule has 6 nitrogen and oxygen atoms in total. The lowest BCUT2D eigenvalue weighted by molar-refractivity contribution is -0.137. The highest BCUT2D eigenvalue weighted by Crippen LogP contribution is 2.61. The van der Waals surface area contributed by atoms with Gasteiger partial charge in [0.25, 0.3) is 0 Å². The third-order valence-corrected chi connectivity index (χ3v) is 8.03. The molecule has 176 valence electrons. The maximum Gasteiger partial charge on any atom is 0.417 e. The number of alkyl halides is 3. The lowest BCUT2D eigenvalue weighted by atomic mass is 9.75. The summed E-state index contributed by atoms with van der Waals surface area (Å²) >= 11 is 12.0. The smallest absolute Gasteiger partial charge is 0.324 e. The maximum absolute atomic E-state index is 13.8. The van der Waals surface area contributed by atoms with Gasteiger partial charge in [0.15, 0.2) is 0 Å². The molecule has 6 rings (SSSR count). The quantitative estimate of drug-likeness (QED) is 0.577. The van der Waals surface area contributed by atoms with Gasteiger partial charge in [-0.05, 0) is 55.8 Å². The summed E-state index contributed by atoms with van der Waals surface area (Å²) in [6, 6.07) is 7.44. The molecule has 4 aliphatic rings. The summed E-state index contributed by atoms with van der Waals surface area (Å²) in [4.78, 5) is 43.7. The van der Waals surface area contributed by atoms with E-state index in [1.165, 1.54) is 6.07 Å². The van der Waals surface area contributed by atoms with Crippen molar-refractivity contribution in [1.82, 2.24) is 4.90 Å². The van der Waals surface area contributed by atoms with Crippen molar-refractivity contribution >= 4 is 52.3 Å². The van der Waals surface area contributed by atoms with Gasteiger partial charge in [-0.2, -0.15) is 13.2 Å². The molecule has 34 heavy (non-hydrogen) atoms. The monoisotopic (exact) mass is 509 g/mol. The van der Waals surface area contributed by atoms with Gasteiger partial charge in [0, 0.05) is 22.3 Å². The van der Waals surface area contributed by atoms with Crippen molar-refractivity contribution in [3.8, 4) is 0 Å². The number of amides is 3. The Kier molecular flexibility index (Phi) is 4.48. The van der Waals surface area contributed by atoms with E-state index < -0.39 is 57.9 Å². The Morgan fingerprint density at radius 1 is 1.03 bits per heavy atom. The molecule has 3 saturated heterocycles. The average molecular weight is 510 g/mol. The highest BCUT2D eigenvalue weighted by molar-refractivity contribution is 6.32. The molecule has 0 aliphatic carbocycles. The predicted molar refractivity (Wildman–Crippen MR) is 117 cm³/mol. The van der Waals surface area contributed by atoms with Gasteiger partial charge in [-0.15, -0.1) is 0 Å². The Balaban J connectivity index is 1.53. The number of carbonyl (C=O) groups excluding carboxylic acids is 3. The number of carbonyl (C=O) groups is 3. The van der Waals surface area contributed by atoms with Crippen LogP contribution in [0.4, 0.5) is 24.5 Å². The molecule has 2 aromatic rings. The summed E-state index contributed by atoms with van der Waals surface area (Å²) in [6.07, 6.45) is -3.45. The highest BCUT2D eigenvalue weighted by atomic mass is 35.5. The number of benzene rings is 2. The molecule has 1 N–H and O–H groups in total. The van der Waals surface area contributed by atoms with Crippen LogP contribution in [0.5, 0.6) is 0 Å².